The first kappa shape index (κ1) is 16.1. The molecule has 1 aliphatic rings. The van der Waals surface area contributed by atoms with E-state index in [1.807, 2.05) is 48.6 Å². The largest absolute Gasteiger partial charge is 0.508 e. The van der Waals surface area contributed by atoms with Gasteiger partial charge in [0.25, 0.3) is 0 Å². The molecule has 1 heterocycles. The molecule has 0 aliphatic carbocycles. The monoisotopic (exact) mass is 319 g/mol. The van der Waals surface area contributed by atoms with Gasteiger partial charge in [-0.2, -0.15) is 0 Å². The SMILES string of the molecule is C=CCc1cc2c(cc1O)CCC(=O)N2C/C=C/c1ccccc1. The van der Waals surface area contributed by atoms with Crippen LogP contribution in [0.15, 0.2) is 61.2 Å². The number of fused-ring (bicyclic) bond motifs is 1. The normalized spacial score (nSPS) is 14.0. The van der Waals surface area contributed by atoms with E-state index in [-0.39, 0.29) is 11.7 Å². The van der Waals surface area contributed by atoms with Gasteiger partial charge in [0, 0.05) is 18.7 Å². The van der Waals surface area contributed by atoms with E-state index in [9.17, 15) is 9.90 Å². The minimum Gasteiger partial charge on any atom is -0.508 e. The number of nitrogens with zero attached hydrogens (tertiary/aromatic N) is 1. The van der Waals surface area contributed by atoms with Crippen molar-refractivity contribution in [1.82, 2.24) is 0 Å². The molecule has 0 saturated carbocycles. The van der Waals surface area contributed by atoms with Crippen LogP contribution in [-0.2, 0) is 17.6 Å². The smallest absolute Gasteiger partial charge is 0.227 e. The van der Waals surface area contributed by atoms with Crippen molar-refractivity contribution in [1.29, 1.82) is 0 Å². The van der Waals surface area contributed by atoms with E-state index < -0.39 is 0 Å². The van der Waals surface area contributed by atoms with E-state index in [1.54, 1.807) is 17.0 Å². The zero-order chi connectivity index (χ0) is 16.9. The Kier molecular flexibility index (Phi) is 4.80. The van der Waals surface area contributed by atoms with E-state index >= 15 is 0 Å². The first-order chi connectivity index (χ1) is 11.7. The summed E-state index contributed by atoms with van der Waals surface area (Å²) < 4.78 is 0. The van der Waals surface area contributed by atoms with Gasteiger partial charge in [0.05, 0.1) is 0 Å². The fraction of sp³-hybridized carbons (Fsp3) is 0.190. The first-order valence-electron chi connectivity index (χ1n) is 8.16. The van der Waals surface area contributed by atoms with Crippen molar-refractivity contribution in [3.05, 3.63) is 77.9 Å². The number of carbonyl (C=O) groups excluding carboxylic acids is 1. The van der Waals surface area contributed by atoms with E-state index in [4.69, 9.17) is 0 Å². The van der Waals surface area contributed by atoms with Crippen molar-refractivity contribution in [3.63, 3.8) is 0 Å². The van der Waals surface area contributed by atoms with Crippen molar-refractivity contribution in [3.8, 4) is 5.75 Å². The van der Waals surface area contributed by atoms with Gasteiger partial charge in [-0.15, -0.1) is 6.58 Å². The molecule has 3 rings (SSSR count). The Labute approximate surface area is 142 Å². The molecule has 0 atom stereocenters. The third kappa shape index (κ3) is 3.40. The van der Waals surface area contributed by atoms with E-state index in [2.05, 4.69) is 6.58 Å². The van der Waals surface area contributed by atoms with Crippen LogP contribution in [0.5, 0.6) is 5.75 Å². The van der Waals surface area contributed by atoms with E-state index in [1.165, 1.54) is 0 Å². The summed E-state index contributed by atoms with van der Waals surface area (Å²) in [5.74, 6) is 0.401. The summed E-state index contributed by atoms with van der Waals surface area (Å²) in [5.41, 5.74) is 3.84. The van der Waals surface area contributed by atoms with Crippen LogP contribution in [0.4, 0.5) is 5.69 Å². The molecule has 0 unspecified atom stereocenters. The van der Waals surface area contributed by atoms with Gasteiger partial charge in [-0.1, -0.05) is 48.6 Å². The minimum atomic E-state index is 0.121. The Morgan fingerprint density at radius 2 is 1.96 bits per heavy atom. The Balaban J connectivity index is 1.86. The second-order valence-electron chi connectivity index (χ2n) is 5.92. The quantitative estimate of drug-likeness (QED) is 0.842. The highest BCUT2D eigenvalue weighted by Gasteiger charge is 2.24. The number of hydrogen-bond donors (Lipinski definition) is 1. The van der Waals surface area contributed by atoms with Crippen LogP contribution in [0.25, 0.3) is 6.08 Å². The average Bonchev–Trinajstić information content (AvgIpc) is 2.59. The first-order valence-corrected chi connectivity index (χ1v) is 8.16. The van der Waals surface area contributed by atoms with Crippen LogP contribution in [0.1, 0.15) is 23.1 Å². The lowest BCUT2D eigenvalue weighted by molar-refractivity contribution is -0.118. The molecule has 0 saturated heterocycles. The number of amides is 1. The van der Waals surface area contributed by atoms with Gasteiger partial charge in [-0.25, -0.2) is 0 Å². The molecule has 3 heteroatoms. The molecule has 24 heavy (non-hydrogen) atoms. The number of aryl methyl sites for hydroxylation is 1. The molecule has 0 radical (unpaired) electrons. The molecular formula is C21H21NO2. The number of hydrogen-bond acceptors (Lipinski definition) is 2. The summed E-state index contributed by atoms with van der Waals surface area (Å²) in [7, 11) is 0. The number of anilines is 1. The second kappa shape index (κ2) is 7.18. The van der Waals surface area contributed by atoms with E-state index in [0.29, 0.717) is 25.8 Å². The predicted octanol–water partition coefficient (Wildman–Crippen LogP) is 4.11. The van der Waals surface area contributed by atoms with Crippen LogP contribution in [0.3, 0.4) is 0 Å². The summed E-state index contributed by atoms with van der Waals surface area (Å²) in [6.07, 6.45) is 7.52. The second-order valence-corrected chi connectivity index (χ2v) is 5.92. The topological polar surface area (TPSA) is 40.5 Å². The summed E-state index contributed by atoms with van der Waals surface area (Å²) in [6.45, 7) is 4.25. The number of allylic oxidation sites excluding steroid dienone is 1. The number of carbonyl (C=O) groups is 1. The Morgan fingerprint density at radius 3 is 2.71 bits per heavy atom. The predicted molar refractivity (Wildman–Crippen MR) is 98.2 cm³/mol. The summed E-state index contributed by atoms with van der Waals surface area (Å²) in [6, 6.07) is 13.7. The molecular weight excluding hydrogens is 298 g/mol. The highest BCUT2D eigenvalue weighted by molar-refractivity contribution is 5.97. The Hall–Kier alpha value is -2.81. The fourth-order valence-corrected chi connectivity index (χ4v) is 3.00. The van der Waals surface area contributed by atoms with Crippen molar-refractivity contribution < 1.29 is 9.90 Å². The summed E-state index contributed by atoms with van der Waals surface area (Å²) in [5, 5.41) is 10.1. The number of phenols is 1. The third-order valence-corrected chi connectivity index (χ3v) is 4.24. The highest BCUT2D eigenvalue weighted by atomic mass is 16.3. The molecule has 3 nitrogen and oxygen atoms in total. The van der Waals surface area contributed by atoms with Gasteiger partial charge < -0.3 is 10.0 Å². The van der Waals surface area contributed by atoms with E-state index in [0.717, 1.165) is 22.4 Å². The van der Waals surface area contributed by atoms with Gasteiger partial charge in [0.15, 0.2) is 0 Å². The lowest BCUT2D eigenvalue weighted by Crippen LogP contribution is -2.35. The Morgan fingerprint density at radius 1 is 1.17 bits per heavy atom. The zero-order valence-corrected chi connectivity index (χ0v) is 13.6. The number of benzene rings is 2. The lowest BCUT2D eigenvalue weighted by atomic mass is 9.97. The molecule has 0 aromatic heterocycles. The number of rotatable bonds is 5. The van der Waals surface area contributed by atoms with Crippen LogP contribution < -0.4 is 4.90 Å². The molecule has 1 amide bonds. The van der Waals surface area contributed by atoms with Gasteiger partial charge in [-0.3, -0.25) is 4.79 Å². The molecule has 0 spiro atoms. The van der Waals surface area contributed by atoms with Gasteiger partial charge in [0.2, 0.25) is 5.91 Å². The van der Waals surface area contributed by atoms with Crippen LogP contribution in [0, 0.1) is 0 Å². The maximum absolute atomic E-state index is 12.4. The number of phenolic OH excluding ortho intramolecular Hbond substituents is 1. The lowest BCUT2D eigenvalue weighted by Gasteiger charge is -2.29. The Bertz CT molecular complexity index is 778. The molecule has 0 bridgehead atoms. The molecule has 1 aliphatic heterocycles. The molecule has 2 aromatic rings. The minimum absolute atomic E-state index is 0.121. The molecule has 2 aromatic carbocycles. The summed E-state index contributed by atoms with van der Waals surface area (Å²) in [4.78, 5) is 14.2. The number of aromatic hydroxyl groups is 1. The van der Waals surface area contributed by atoms with Crippen molar-refractivity contribution in [2.75, 3.05) is 11.4 Å². The maximum atomic E-state index is 12.4. The fourth-order valence-electron chi connectivity index (χ4n) is 3.00. The van der Waals surface area contributed by atoms with Crippen LogP contribution in [-0.4, -0.2) is 17.6 Å². The van der Waals surface area contributed by atoms with Gasteiger partial charge >= 0.3 is 0 Å². The van der Waals surface area contributed by atoms with Crippen molar-refractivity contribution in [2.24, 2.45) is 0 Å². The highest BCUT2D eigenvalue weighted by Crippen LogP contribution is 2.34. The molecule has 1 N–H and O–H groups in total. The average molecular weight is 319 g/mol. The summed E-state index contributed by atoms with van der Waals surface area (Å²) >= 11 is 0. The molecule has 122 valence electrons. The third-order valence-electron chi connectivity index (χ3n) is 4.24. The standard InChI is InChI=1S/C21H21NO2/c1-2-7-18-14-19-17(15-20(18)23)11-12-21(24)22(19)13-6-10-16-8-4-3-5-9-16/h2-6,8-10,14-15,23H,1,7,11-13H2/b10-6+. The zero-order valence-electron chi connectivity index (χ0n) is 13.6. The van der Waals surface area contributed by atoms with Crippen molar-refractivity contribution in [2.45, 2.75) is 19.3 Å². The van der Waals surface area contributed by atoms with Crippen molar-refractivity contribution >= 4 is 17.7 Å². The maximum Gasteiger partial charge on any atom is 0.227 e. The van der Waals surface area contributed by atoms with Crippen LogP contribution in [0.2, 0.25) is 0 Å². The van der Waals surface area contributed by atoms with Gasteiger partial charge in [0.1, 0.15) is 5.75 Å². The van der Waals surface area contributed by atoms with Gasteiger partial charge in [-0.05, 0) is 41.7 Å². The molecule has 0 fully saturated rings. The van der Waals surface area contributed by atoms with Crippen LogP contribution >= 0.6 is 0 Å².